The summed E-state index contributed by atoms with van der Waals surface area (Å²) >= 11 is 0. The molecular formula is C23H24F2N2O4. The zero-order chi connectivity index (χ0) is 22.0. The highest BCUT2D eigenvalue weighted by Crippen LogP contribution is 2.40. The monoisotopic (exact) mass is 430 g/mol. The smallest absolute Gasteiger partial charge is 0.387 e. The molecule has 1 amide bonds. The number of carbonyl (C=O) groups is 1. The van der Waals surface area contributed by atoms with Gasteiger partial charge in [-0.05, 0) is 66.3 Å². The normalized spacial score (nSPS) is 15.8. The van der Waals surface area contributed by atoms with Crippen molar-refractivity contribution in [2.45, 2.75) is 31.9 Å². The third-order valence-corrected chi connectivity index (χ3v) is 5.84. The Bertz CT molecular complexity index is 1080. The van der Waals surface area contributed by atoms with E-state index in [0.717, 1.165) is 39.8 Å². The molecule has 1 aromatic heterocycles. The summed E-state index contributed by atoms with van der Waals surface area (Å²) in [6, 6.07) is 8.91. The molecule has 3 aromatic rings. The number of alkyl halides is 2. The van der Waals surface area contributed by atoms with Gasteiger partial charge in [-0.1, -0.05) is 0 Å². The first-order chi connectivity index (χ1) is 15.0. The van der Waals surface area contributed by atoms with Crippen molar-refractivity contribution >= 4 is 17.3 Å². The summed E-state index contributed by atoms with van der Waals surface area (Å²) in [5, 5.41) is 1.06. The fraction of sp³-hybridized carbons (Fsp3) is 0.348. The zero-order valence-electron chi connectivity index (χ0n) is 17.4. The maximum atomic E-state index is 12.9. The summed E-state index contributed by atoms with van der Waals surface area (Å²) in [5.74, 6) is 1.01. The maximum Gasteiger partial charge on any atom is 0.387 e. The molecule has 0 saturated carbocycles. The second-order valence-corrected chi connectivity index (χ2v) is 7.45. The van der Waals surface area contributed by atoms with Crippen LogP contribution in [0.2, 0.25) is 0 Å². The Morgan fingerprint density at radius 3 is 2.74 bits per heavy atom. The van der Waals surface area contributed by atoms with Gasteiger partial charge < -0.3 is 24.1 Å². The number of aromatic amines is 1. The summed E-state index contributed by atoms with van der Waals surface area (Å²) in [5.41, 5.74) is 3.89. The van der Waals surface area contributed by atoms with Crippen molar-refractivity contribution in [2.75, 3.05) is 20.8 Å². The van der Waals surface area contributed by atoms with Crippen LogP contribution in [-0.4, -0.2) is 43.7 Å². The van der Waals surface area contributed by atoms with Crippen LogP contribution in [0.5, 0.6) is 17.2 Å². The van der Waals surface area contributed by atoms with Gasteiger partial charge in [-0.15, -0.1) is 0 Å². The van der Waals surface area contributed by atoms with Crippen LogP contribution < -0.4 is 14.2 Å². The first-order valence-corrected chi connectivity index (χ1v) is 10.0. The van der Waals surface area contributed by atoms with Gasteiger partial charge in [0.15, 0.2) is 11.5 Å². The maximum absolute atomic E-state index is 12.9. The molecule has 2 heterocycles. The molecule has 4 rings (SSSR count). The lowest BCUT2D eigenvalue weighted by Crippen LogP contribution is -2.34. The molecular weight excluding hydrogens is 406 g/mol. The van der Waals surface area contributed by atoms with E-state index in [4.69, 9.17) is 9.47 Å². The number of halogens is 2. The van der Waals surface area contributed by atoms with Gasteiger partial charge >= 0.3 is 6.61 Å². The molecule has 0 radical (unpaired) electrons. The number of aromatic nitrogens is 1. The van der Waals surface area contributed by atoms with Crippen LogP contribution in [0.4, 0.5) is 8.78 Å². The summed E-state index contributed by atoms with van der Waals surface area (Å²) < 4.78 is 41.0. The van der Waals surface area contributed by atoms with Crippen molar-refractivity contribution < 1.29 is 27.8 Å². The molecule has 2 aromatic carbocycles. The van der Waals surface area contributed by atoms with Crippen molar-refractivity contribution in [3.05, 3.63) is 53.2 Å². The number of methoxy groups -OCH3 is 2. The van der Waals surface area contributed by atoms with E-state index in [0.29, 0.717) is 25.8 Å². The summed E-state index contributed by atoms with van der Waals surface area (Å²) in [6.45, 7) is -2.40. The topological polar surface area (TPSA) is 63.8 Å². The summed E-state index contributed by atoms with van der Waals surface area (Å²) in [7, 11) is 3.05. The average molecular weight is 430 g/mol. The molecule has 0 aliphatic carbocycles. The highest BCUT2D eigenvalue weighted by Gasteiger charge is 2.29. The van der Waals surface area contributed by atoms with Crippen molar-refractivity contribution in [2.24, 2.45) is 0 Å². The number of aryl methyl sites for hydroxylation is 1. The summed E-state index contributed by atoms with van der Waals surface area (Å²) in [4.78, 5) is 16.7. The van der Waals surface area contributed by atoms with Gasteiger partial charge in [0.1, 0.15) is 5.75 Å². The van der Waals surface area contributed by atoms with Gasteiger partial charge in [-0.3, -0.25) is 4.79 Å². The fourth-order valence-corrected chi connectivity index (χ4v) is 4.31. The van der Waals surface area contributed by atoms with E-state index >= 15 is 0 Å². The van der Waals surface area contributed by atoms with Crippen LogP contribution in [-0.2, 0) is 17.6 Å². The standard InChI is InChI=1S/C23H24F2N2O4/c1-29-16-4-5-19-17(10-16)15(12-26-19)3-6-20-18-11-22(31-23(24)25)21(30-2)9-14(18)7-8-27(20)13-28/h4-5,9-13,20,23,26H,3,6-8H2,1-2H3. The van der Waals surface area contributed by atoms with Crippen molar-refractivity contribution in [1.82, 2.24) is 9.88 Å². The number of hydrogen-bond acceptors (Lipinski definition) is 4. The summed E-state index contributed by atoms with van der Waals surface area (Å²) in [6.07, 6.45) is 4.73. The van der Waals surface area contributed by atoms with Crippen molar-refractivity contribution in [3.8, 4) is 17.2 Å². The van der Waals surface area contributed by atoms with E-state index in [9.17, 15) is 13.6 Å². The Morgan fingerprint density at radius 2 is 2.03 bits per heavy atom. The van der Waals surface area contributed by atoms with E-state index in [2.05, 4.69) is 9.72 Å². The Hall–Kier alpha value is -3.29. The molecule has 0 spiro atoms. The molecule has 1 atom stereocenters. The van der Waals surface area contributed by atoms with Crippen LogP contribution in [0.25, 0.3) is 10.9 Å². The molecule has 0 saturated heterocycles. The molecule has 1 unspecified atom stereocenters. The second kappa shape index (κ2) is 8.83. The minimum Gasteiger partial charge on any atom is -0.497 e. The van der Waals surface area contributed by atoms with Gasteiger partial charge in [0, 0.05) is 23.6 Å². The first kappa shape index (κ1) is 21.0. The number of nitrogens with one attached hydrogen (secondary N) is 1. The van der Waals surface area contributed by atoms with E-state index in [1.807, 2.05) is 24.4 Å². The molecule has 1 aliphatic rings. The molecule has 164 valence electrons. The van der Waals surface area contributed by atoms with Crippen LogP contribution in [0.1, 0.15) is 29.2 Å². The predicted molar refractivity (Wildman–Crippen MR) is 112 cm³/mol. The Labute approximate surface area is 178 Å². The number of fused-ring (bicyclic) bond motifs is 2. The SMILES string of the molecule is COc1ccc2[nH]cc(CCC3c4cc(OC(F)F)c(OC)cc4CCN3C=O)c2c1. The Balaban J connectivity index is 1.65. The number of H-pyrrole nitrogens is 1. The second-order valence-electron chi connectivity index (χ2n) is 7.45. The number of ether oxygens (including phenoxy) is 3. The lowest BCUT2D eigenvalue weighted by molar-refractivity contribution is -0.120. The third-order valence-electron chi connectivity index (χ3n) is 5.84. The molecule has 8 heteroatoms. The van der Waals surface area contributed by atoms with Crippen LogP contribution >= 0.6 is 0 Å². The fourth-order valence-electron chi connectivity index (χ4n) is 4.31. The number of nitrogens with zero attached hydrogens (tertiary/aromatic N) is 1. The van der Waals surface area contributed by atoms with E-state index in [1.54, 1.807) is 24.1 Å². The van der Waals surface area contributed by atoms with Crippen LogP contribution in [0, 0.1) is 0 Å². The van der Waals surface area contributed by atoms with Gasteiger partial charge in [0.25, 0.3) is 0 Å². The van der Waals surface area contributed by atoms with Crippen LogP contribution in [0.15, 0.2) is 36.5 Å². The number of benzene rings is 2. The molecule has 0 bridgehead atoms. The largest absolute Gasteiger partial charge is 0.497 e. The molecule has 31 heavy (non-hydrogen) atoms. The first-order valence-electron chi connectivity index (χ1n) is 10.0. The van der Waals surface area contributed by atoms with E-state index < -0.39 is 6.61 Å². The lowest BCUT2D eigenvalue weighted by atomic mass is 9.88. The molecule has 1 N–H and O–H groups in total. The van der Waals surface area contributed by atoms with Gasteiger partial charge in [0.2, 0.25) is 6.41 Å². The lowest BCUT2D eigenvalue weighted by Gasteiger charge is -2.35. The van der Waals surface area contributed by atoms with Gasteiger partial charge in [-0.2, -0.15) is 8.78 Å². The Morgan fingerprint density at radius 1 is 1.19 bits per heavy atom. The Kier molecular flexibility index (Phi) is 5.97. The average Bonchev–Trinajstić information content (AvgIpc) is 3.18. The van der Waals surface area contributed by atoms with Crippen molar-refractivity contribution in [3.63, 3.8) is 0 Å². The number of hydrogen-bond donors (Lipinski definition) is 1. The third kappa shape index (κ3) is 4.15. The quantitative estimate of drug-likeness (QED) is 0.536. The number of rotatable bonds is 8. The molecule has 6 nitrogen and oxygen atoms in total. The molecule has 0 fully saturated rings. The highest BCUT2D eigenvalue weighted by atomic mass is 19.3. The number of carbonyl (C=O) groups excluding carboxylic acids is 1. The number of amides is 1. The minimum absolute atomic E-state index is 0.0224. The van der Waals surface area contributed by atoms with Crippen LogP contribution in [0.3, 0.4) is 0 Å². The predicted octanol–water partition coefficient (Wildman–Crippen LogP) is 4.47. The molecule has 1 aliphatic heterocycles. The van der Waals surface area contributed by atoms with Gasteiger partial charge in [-0.25, -0.2) is 0 Å². The van der Waals surface area contributed by atoms with E-state index in [1.165, 1.54) is 7.11 Å². The zero-order valence-corrected chi connectivity index (χ0v) is 17.4. The van der Waals surface area contributed by atoms with Gasteiger partial charge in [0.05, 0.1) is 20.3 Å². The van der Waals surface area contributed by atoms with Crippen molar-refractivity contribution in [1.29, 1.82) is 0 Å². The minimum atomic E-state index is -2.96. The highest BCUT2D eigenvalue weighted by molar-refractivity contribution is 5.84. The van der Waals surface area contributed by atoms with E-state index in [-0.39, 0.29) is 17.5 Å².